The van der Waals surface area contributed by atoms with Crippen LogP contribution < -0.4 is 20.5 Å². The third kappa shape index (κ3) is 6.47. The van der Waals surface area contributed by atoms with E-state index in [9.17, 15) is 13.6 Å². The number of methoxy groups -OCH3 is 1. The van der Waals surface area contributed by atoms with Crippen molar-refractivity contribution in [2.45, 2.75) is 38.8 Å². The summed E-state index contributed by atoms with van der Waals surface area (Å²) in [4.78, 5) is 23.9. The number of nitrogens with zero attached hydrogens (tertiary/aromatic N) is 6. The summed E-state index contributed by atoms with van der Waals surface area (Å²) < 4.78 is 36.4. The van der Waals surface area contributed by atoms with Gasteiger partial charge in [0, 0.05) is 64.3 Å². The third-order valence-electron chi connectivity index (χ3n) is 7.23. The summed E-state index contributed by atoms with van der Waals surface area (Å²) in [5.74, 6) is -2.09. The number of aryl methyl sites for hydroxylation is 1. The van der Waals surface area contributed by atoms with E-state index in [2.05, 4.69) is 39.0 Å². The zero-order valence-corrected chi connectivity index (χ0v) is 23.7. The molecule has 2 aromatic heterocycles. The summed E-state index contributed by atoms with van der Waals surface area (Å²) in [5, 5.41) is 8.27. The molecule has 3 aromatic rings. The maximum atomic E-state index is 14.8. The van der Waals surface area contributed by atoms with Crippen LogP contribution in [-0.4, -0.2) is 84.5 Å². The van der Waals surface area contributed by atoms with Gasteiger partial charge in [0.25, 0.3) is 11.5 Å². The van der Waals surface area contributed by atoms with E-state index in [0.29, 0.717) is 28.7 Å². The summed E-state index contributed by atoms with van der Waals surface area (Å²) in [6.45, 7) is 8.35. The second-order valence-electron chi connectivity index (χ2n) is 10.6. The van der Waals surface area contributed by atoms with Gasteiger partial charge in [-0.25, -0.2) is 18.4 Å². The molecule has 0 atom stereocenters. The molecule has 1 aliphatic rings. The molecule has 39 heavy (non-hydrogen) atoms. The second kappa shape index (κ2) is 11.8. The van der Waals surface area contributed by atoms with Crippen molar-refractivity contribution in [2.24, 2.45) is 7.05 Å². The van der Waals surface area contributed by atoms with Gasteiger partial charge in [0.15, 0.2) is 5.82 Å². The van der Waals surface area contributed by atoms with E-state index in [4.69, 9.17) is 4.74 Å². The Kier molecular flexibility index (Phi) is 8.70. The van der Waals surface area contributed by atoms with E-state index in [1.54, 1.807) is 45.3 Å². The van der Waals surface area contributed by atoms with Gasteiger partial charge in [-0.2, -0.15) is 5.10 Å². The maximum absolute atomic E-state index is 14.8. The molecule has 11 heteroatoms. The van der Waals surface area contributed by atoms with Crippen LogP contribution in [0.4, 0.5) is 20.3 Å². The second-order valence-corrected chi connectivity index (χ2v) is 10.6. The smallest absolute Gasteiger partial charge is 0.293 e. The van der Waals surface area contributed by atoms with Gasteiger partial charge in [0.1, 0.15) is 11.2 Å². The van der Waals surface area contributed by atoms with Gasteiger partial charge in [-0.1, -0.05) is 18.2 Å². The number of nitrogens with one attached hydrogen (secondary N) is 1. The molecule has 1 saturated heterocycles. The SMILES string of the molecule is COc1nc2c(=O)n(C)nc(NCc3cccc(C(F)(F)CCN(C)C)c3)c2cc1N1CCN(C(C)C)CC1. The van der Waals surface area contributed by atoms with E-state index < -0.39 is 5.92 Å². The first-order valence-electron chi connectivity index (χ1n) is 13.3. The number of halogens is 2. The Morgan fingerprint density at radius 1 is 1.15 bits per heavy atom. The summed E-state index contributed by atoms with van der Waals surface area (Å²) in [7, 11) is 6.67. The minimum absolute atomic E-state index is 0.0174. The largest absolute Gasteiger partial charge is 0.480 e. The first kappa shape index (κ1) is 28.7. The molecule has 1 N–H and O–H groups in total. The quantitative estimate of drug-likeness (QED) is 0.416. The number of piperazine rings is 1. The number of hydrogen-bond donors (Lipinski definition) is 1. The highest BCUT2D eigenvalue weighted by atomic mass is 19.3. The Labute approximate surface area is 228 Å². The number of hydrogen-bond acceptors (Lipinski definition) is 8. The number of ether oxygens (including phenoxy) is 1. The molecule has 0 amide bonds. The Hall–Kier alpha value is -3.31. The topological polar surface area (TPSA) is 78.8 Å². The van der Waals surface area contributed by atoms with Gasteiger partial charge in [0.05, 0.1) is 12.5 Å². The summed E-state index contributed by atoms with van der Waals surface area (Å²) >= 11 is 0. The molecule has 1 aromatic carbocycles. The van der Waals surface area contributed by atoms with Crippen molar-refractivity contribution in [3.63, 3.8) is 0 Å². The molecular formula is C28H39F2N7O2. The molecule has 0 saturated carbocycles. The van der Waals surface area contributed by atoms with Crippen LogP contribution in [0.2, 0.25) is 0 Å². The molecule has 9 nitrogen and oxygen atoms in total. The molecule has 0 spiro atoms. The predicted molar refractivity (Wildman–Crippen MR) is 151 cm³/mol. The number of anilines is 2. The number of alkyl halides is 2. The monoisotopic (exact) mass is 543 g/mol. The lowest BCUT2D eigenvalue weighted by atomic mass is 10.0. The Bertz CT molecular complexity index is 1350. The van der Waals surface area contributed by atoms with Gasteiger partial charge in [-0.05, 0) is 45.6 Å². The first-order valence-corrected chi connectivity index (χ1v) is 13.3. The van der Waals surface area contributed by atoms with Crippen LogP contribution in [0.15, 0.2) is 35.1 Å². The van der Waals surface area contributed by atoms with E-state index in [1.807, 2.05) is 6.07 Å². The van der Waals surface area contributed by atoms with Crippen molar-refractivity contribution in [1.29, 1.82) is 0 Å². The third-order valence-corrected chi connectivity index (χ3v) is 7.23. The first-order chi connectivity index (χ1) is 18.5. The highest BCUT2D eigenvalue weighted by Gasteiger charge is 2.31. The van der Waals surface area contributed by atoms with Gasteiger partial charge < -0.3 is 19.9 Å². The average molecular weight is 544 g/mol. The highest BCUT2D eigenvalue weighted by molar-refractivity contribution is 5.92. The molecule has 3 heterocycles. The zero-order chi connectivity index (χ0) is 28.3. The van der Waals surface area contributed by atoms with E-state index in [-0.39, 0.29) is 36.1 Å². The number of benzene rings is 1. The van der Waals surface area contributed by atoms with Crippen molar-refractivity contribution in [3.05, 3.63) is 51.8 Å². The number of fused-ring (bicyclic) bond motifs is 1. The minimum Gasteiger partial charge on any atom is -0.480 e. The molecule has 0 bridgehead atoms. The molecule has 1 fully saturated rings. The summed E-state index contributed by atoms with van der Waals surface area (Å²) in [6, 6.07) is 8.79. The van der Waals surface area contributed by atoms with Crippen molar-refractivity contribution in [3.8, 4) is 5.88 Å². The van der Waals surface area contributed by atoms with Gasteiger partial charge >= 0.3 is 0 Å². The van der Waals surface area contributed by atoms with Gasteiger partial charge in [0.2, 0.25) is 5.88 Å². The molecule has 0 unspecified atom stereocenters. The van der Waals surface area contributed by atoms with E-state index in [1.165, 1.54) is 16.8 Å². The fraction of sp³-hybridized carbons (Fsp3) is 0.536. The van der Waals surface area contributed by atoms with Crippen LogP contribution in [0.1, 0.15) is 31.4 Å². The van der Waals surface area contributed by atoms with E-state index >= 15 is 0 Å². The summed E-state index contributed by atoms with van der Waals surface area (Å²) in [5.41, 5.74) is 1.37. The molecule has 0 radical (unpaired) electrons. The molecule has 212 valence electrons. The van der Waals surface area contributed by atoms with Gasteiger partial charge in [-0.3, -0.25) is 9.69 Å². The van der Waals surface area contributed by atoms with Crippen LogP contribution in [-0.2, 0) is 19.5 Å². The Morgan fingerprint density at radius 2 is 1.87 bits per heavy atom. The van der Waals surface area contributed by atoms with Crippen molar-refractivity contribution in [2.75, 3.05) is 64.1 Å². The van der Waals surface area contributed by atoms with Crippen LogP contribution in [0.5, 0.6) is 5.88 Å². The molecule has 0 aliphatic carbocycles. The average Bonchev–Trinajstić information content (AvgIpc) is 2.92. The van der Waals surface area contributed by atoms with Crippen molar-refractivity contribution < 1.29 is 13.5 Å². The fourth-order valence-corrected chi connectivity index (χ4v) is 4.82. The van der Waals surface area contributed by atoms with Crippen LogP contribution >= 0.6 is 0 Å². The fourth-order valence-electron chi connectivity index (χ4n) is 4.82. The lowest BCUT2D eigenvalue weighted by Crippen LogP contribution is -2.49. The number of rotatable bonds is 10. The lowest BCUT2D eigenvalue weighted by Gasteiger charge is -2.38. The normalized spacial score (nSPS) is 15.0. The lowest BCUT2D eigenvalue weighted by molar-refractivity contribution is -0.0188. The predicted octanol–water partition coefficient (Wildman–Crippen LogP) is 3.52. The van der Waals surface area contributed by atoms with Crippen LogP contribution in [0, 0.1) is 0 Å². The van der Waals surface area contributed by atoms with Crippen molar-refractivity contribution in [1.82, 2.24) is 24.6 Å². The highest BCUT2D eigenvalue weighted by Crippen LogP contribution is 2.34. The minimum atomic E-state index is -2.93. The van der Waals surface area contributed by atoms with Crippen LogP contribution in [0.3, 0.4) is 0 Å². The van der Waals surface area contributed by atoms with E-state index in [0.717, 1.165) is 31.9 Å². The van der Waals surface area contributed by atoms with Gasteiger partial charge in [-0.15, -0.1) is 0 Å². The maximum Gasteiger partial charge on any atom is 0.293 e. The zero-order valence-electron chi connectivity index (χ0n) is 23.7. The number of aromatic nitrogens is 3. The molecular weight excluding hydrogens is 504 g/mol. The molecule has 1 aliphatic heterocycles. The Morgan fingerprint density at radius 3 is 2.51 bits per heavy atom. The number of pyridine rings is 1. The standard InChI is InChI=1S/C28H39F2N7O2/c1-19(2)36-12-14-37(15-13-36)23-17-22-24(32-26(23)39-6)27(38)35(5)33-25(22)31-18-20-8-7-9-21(16-20)28(29,30)10-11-34(3)4/h7-9,16-17,19H,10-15,18H2,1-6H3,(H,31,33). The molecule has 4 rings (SSSR count). The summed E-state index contributed by atoms with van der Waals surface area (Å²) in [6.07, 6.45) is -0.258. The Balaban J connectivity index is 1.63. The van der Waals surface area contributed by atoms with Crippen LogP contribution in [0.25, 0.3) is 10.9 Å². The van der Waals surface area contributed by atoms with Crippen molar-refractivity contribution >= 4 is 22.4 Å².